The highest BCUT2D eigenvalue weighted by atomic mass is 19.1. The normalized spacial score (nSPS) is 11.5. The molecular weight excluding hydrogens is 391 g/mol. The highest BCUT2D eigenvalue weighted by molar-refractivity contribution is 5.95. The Balaban J connectivity index is 1.43. The Morgan fingerprint density at radius 1 is 0.871 bits per heavy atom. The molecule has 2 N–H and O–H groups in total. The average Bonchev–Trinajstić information content (AvgIpc) is 2.81. The first-order valence-corrected chi connectivity index (χ1v) is 9.91. The van der Waals surface area contributed by atoms with E-state index >= 15 is 0 Å². The Morgan fingerprint density at radius 2 is 1.65 bits per heavy atom. The van der Waals surface area contributed by atoms with Crippen LogP contribution in [0.4, 0.5) is 15.9 Å². The molecule has 1 atom stereocenters. The number of benzene rings is 3. The molecule has 154 valence electrons. The maximum Gasteiger partial charge on any atom is 0.251 e. The Labute approximate surface area is 180 Å². The number of carbonyl (C=O) groups is 1. The van der Waals surface area contributed by atoms with Gasteiger partial charge in [0.1, 0.15) is 5.82 Å². The first-order valence-electron chi connectivity index (χ1n) is 9.91. The van der Waals surface area contributed by atoms with Crippen LogP contribution in [0, 0.1) is 5.82 Å². The molecule has 0 radical (unpaired) electrons. The number of rotatable bonds is 6. The van der Waals surface area contributed by atoms with Gasteiger partial charge in [0.05, 0.1) is 11.7 Å². The van der Waals surface area contributed by atoms with E-state index in [1.54, 1.807) is 30.3 Å². The number of amides is 1. The van der Waals surface area contributed by atoms with Crippen molar-refractivity contribution in [3.8, 4) is 11.3 Å². The van der Waals surface area contributed by atoms with E-state index in [9.17, 15) is 9.18 Å². The van der Waals surface area contributed by atoms with Crippen molar-refractivity contribution in [1.29, 1.82) is 0 Å². The lowest BCUT2D eigenvalue weighted by Crippen LogP contribution is -2.26. The molecule has 0 saturated heterocycles. The van der Waals surface area contributed by atoms with Crippen LogP contribution in [0.2, 0.25) is 0 Å². The van der Waals surface area contributed by atoms with Crippen LogP contribution in [0.15, 0.2) is 91.0 Å². The van der Waals surface area contributed by atoms with Crippen LogP contribution in [-0.4, -0.2) is 16.1 Å². The van der Waals surface area contributed by atoms with Crippen molar-refractivity contribution in [2.45, 2.75) is 13.0 Å². The number of nitrogens with one attached hydrogen (secondary N) is 2. The van der Waals surface area contributed by atoms with Crippen LogP contribution < -0.4 is 10.6 Å². The van der Waals surface area contributed by atoms with Gasteiger partial charge in [0, 0.05) is 16.8 Å². The summed E-state index contributed by atoms with van der Waals surface area (Å²) in [6, 6.07) is 26.5. The summed E-state index contributed by atoms with van der Waals surface area (Å²) < 4.78 is 13.1. The van der Waals surface area contributed by atoms with E-state index in [-0.39, 0.29) is 17.8 Å². The van der Waals surface area contributed by atoms with E-state index in [0.29, 0.717) is 11.4 Å². The summed E-state index contributed by atoms with van der Waals surface area (Å²) in [4.78, 5) is 12.7. The zero-order valence-corrected chi connectivity index (χ0v) is 16.9. The summed E-state index contributed by atoms with van der Waals surface area (Å²) in [5, 5.41) is 14.6. The van der Waals surface area contributed by atoms with Crippen LogP contribution in [0.1, 0.15) is 28.9 Å². The minimum absolute atomic E-state index is 0.217. The van der Waals surface area contributed by atoms with Gasteiger partial charge in [-0.15, -0.1) is 10.2 Å². The van der Waals surface area contributed by atoms with E-state index in [4.69, 9.17) is 0 Å². The zero-order chi connectivity index (χ0) is 21.6. The molecule has 6 heteroatoms. The first-order chi connectivity index (χ1) is 15.1. The number of hydrogen-bond donors (Lipinski definition) is 2. The van der Waals surface area contributed by atoms with Crippen molar-refractivity contribution >= 4 is 17.4 Å². The number of anilines is 2. The highest BCUT2D eigenvalue weighted by Crippen LogP contribution is 2.20. The molecule has 0 spiro atoms. The van der Waals surface area contributed by atoms with Crippen molar-refractivity contribution in [2.24, 2.45) is 0 Å². The van der Waals surface area contributed by atoms with Gasteiger partial charge in [-0.05, 0) is 55.0 Å². The van der Waals surface area contributed by atoms with Crippen LogP contribution in [-0.2, 0) is 0 Å². The third-order valence-corrected chi connectivity index (χ3v) is 4.85. The Bertz CT molecular complexity index is 1160. The predicted octanol–water partition coefficient (Wildman–Crippen LogP) is 5.52. The summed E-state index contributed by atoms with van der Waals surface area (Å²) in [5.41, 5.74) is 3.85. The Kier molecular flexibility index (Phi) is 5.98. The molecule has 0 saturated carbocycles. The molecule has 0 aliphatic carbocycles. The minimum atomic E-state index is -0.305. The smallest absolute Gasteiger partial charge is 0.251 e. The summed E-state index contributed by atoms with van der Waals surface area (Å²) in [6.45, 7) is 1.86. The second-order valence-electron chi connectivity index (χ2n) is 7.12. The maximum atomic E-state index is 13.1. The topological polar surface area (TPSA) is 66.9 Å². The molecule has 5 nitrogen and oxygen atoms in total. The summed E-state index contributed by atoms with van der Waals surface area (Å²) in [7, 11) is 0. The van der Waals surface area contributed by atoms with Gasteiger partial charge in [-0.2, -0.15) is 0 Å². The van der Waals surface area contributed by atoms with E-state index in [0.717, 1.165) is 22.5 Å². The molecule has 0 aliphatic heterocycles. The molecule has 1 amide bonds. The second-order valence-corrected chi connectivity index (χ2v) is 7.12. The molecule has 4 aromatic rings. The third-order valence-electron chi connectivity index (χ3n) is 4.85. The molecule has 31 heavy (non-hydrogen) atoms. The molecule has 1 aromatic heterocycles. The zero-order valence-electron chi connectivity index (χ0n) is 16.9. The van der Waals surface area contributed by atoms with Crippen LogP contribution in [0.25, 0.3) is 11.3 Å². The highest BCUT2D eigenvalue weighted by Gasteiger charge is 2.12. The van der Waals surface area contributed by atoms with Gasteiger partial charge in [-0.3, -0.25) is 4.79 Å². The van der Waals surface area contributed by atoms with Crippen LogP contribution in [0.5, 0.6) is 0 Å². The number of halogens is 1. The average molecular weight is 412 g/mol. The van der Waals surface area contributed by atoms with Crippen molar-refractivity contribution in [3.05, 3.63) is 108 Å². The molecular formula is C25H21FN4O. The Morgan fingerprint density at radius 3 is 2.35 bits per heavy atom. The molecule has 0 bridgehead atoms. The van der Waals surface area contributed by atoms with E-state index < -0.39 is 0 Å². The van der Waals surface area contributed by atoms with Crippen LogP contribution in [0.3, 0.4) is 0 Å². The van der Waals surface area contributed by atoms with E-state index in [1.807, 2.05) is 55.5 Å². The van der Waals surface area contributed by atoms with Gasteiger partial charge in [0.15, 0.2) is 5.82 Å². The summed E-state index contributed by atoms with van der Waals surface area (Å²) >= 11 is 0. The lowest BCUT2D eigenvalue weighted by Gasteiger charge is -2.15. The summed E-state index contributed by atoms with van der Waals surface area (Å²) in [6.07, 6.45) is 0. The van der Waals surface area contributed by atoms with Gasteiger partial charge in [0.2, 0.25) is 0 Å². The lowest BCUT2D eigenvalue weighted by atomic mass is 10.1. The fourth-order valence-corrected chi connectivity index (χ4v) is 3.16. The SMILES string of the molecule is CC(NC(=O)c1cccc(Nc2ccc(-c3ccccc3)nn2)c1)c1ccc(F)cc1. The van der Waals surface area contributed by atoms with Crippen molar-refractivity contribution in [3.63, 3.8) is 0 Å². The predicted molar refractivity (Wildman–Crippen MR) is 119 cm³/mol. The van der Waals surface area contributed by atoms with Gasteiger partial charge in [-0.25, -0.2) is 4.39 Å². The molecule has 0 aliphatic rings. The van der Waals surface area contributed by atoms with Gasteiger partial charge in [-0.1, -0.05) is 48.5 Å². The molecule has 1 unspecified atom stereocenters. The van der Waals surface area contributed by atoms with Crippen molar-refractivity contribution in [1.82, 2.24) is 15.5 Å². The first kappa shape index (κ1) is 20.2. The number of carbonyl (C=O) groups excluding carboxylic acids is 1. The standard InChI is InChI=1S/C25H21FN4O/c1-17(18-10-12-21(26)13-11-18)27-25(31)20-8-5-9-22(16-20)28-24-15-14-23(29-30-24)19-6-3-2-4-7-19/h2-17H,1H3,(H,27,31)(H,28,30). The molecule has 1 heterocycles. The quantitative estimate of drug-likeness (QED) is 0.438. The van der Waals surface area contributed by atoms with Crippen LogP contribution >= 0.6 is 0 Å². The Hall–Kier alpha value is -4.06. The fourth-order valence-electron chi connectivity index (χ4n) is 3.16. The molecule has 3 aromatic carbocycles. The largest absolute Gasteiger partial charge is 0.346 e. The van der Waals surface area contributed by atoms with E-state index in [2.05, 4.69) is 20.8 Å². The second kappa shape index (κ2) is 9.17. The lowest BCUT2D eigenvalue weighted by molar-refractivity contribution is 0.0940. The number of nitrogens with zero attached hydrogens (tertiary/aromatic N) is 2. The fraction of sp³-hybridized carbons (Fsp3) is 0.0800. The van der Waals surface area contributed by atoms with E-state index in [1.165, 1.54) is 12.1 Å². The third kappa shape index (κ3) is 5.11. The van der Waals surface area contributed by atoms with Gasteiger partial charge in [0.25, 0.3) is 5.91 Å². The number of hydrogen-bond acceptors (Lipinski definition) is 4. The van der Waals surface area contributed by atoms with Gasteiger partial charge >= 0.3 is 0 Å². The van der Waals surface area contributed by atoms with Crippen molar-refractivity contribution < 1.29 is 9.18 Å². The van der Waals surface area contributed by atoms with Gasteiger partial charge < -0.3 is 10.6 Å². The molecule has 0 fully saturated rings. The maximum absolute atomic E-state index is 13.1. The monoisotopic (exact) mass is 412 g/mol. The minimum Gasteiger partial charge on any atom is -0.346 e. The number of aromatic nitrogens is 2. The summed E-state index contributed by atoms with van der Waals surface area (Å²) in [5.74, 6) is 0.0591. The van der Waals surface area contributed by atoms with Crippen molar-refractivity contribution in [2.75, 3.05) is 5.32 Å². The molecule has 4 rings (SSSR count).